The van der Waals surface area contributed by atoms with Gasteiger partial charge in [0.25, 0.3) is 0 Å². The van der Waals surface area contributed by atoms with E-state index >= 15 is 0 Å². The van der Waals surface area contributed by atoms with E-state index in [0.29, 0.717) is 24.0 Å². The van der Waals surface area contributed by atoms with Crippen molar-refractivity contribution in [2.75, 3.05) is 12.4 Å². The fourth-order valence-corrected chi connectivity index (χ4v) is 2.47. The molecule has 2 nitrogen and oxygen atoms in total. The van der Waals surface area contributed by atoms with Gasteiger partial charge in [-0.05, 0) is 37.3 Å². The summed E-state index contributed by atoms with van der Waals surface area (Å²) in [6, 6.07) is 6.81. The topological polar surface area (TPSA) is 20.3 Å². The van der Waals surface area contributed by atoms with Crippen LogP contribution in [0.4, 0.5) is 4.39 Å². The fraction of sp³-hybridized carbons (Fsp3) is 0.533. The zero-order valence-corrected chi connectivity index (χ0v) is 11.7. The lowest BCUT2D eigenvalue weighted by atomic mass is 9.91. The molecule has 1 aromatic carbocycles. The summed E-state index contributed by atoms with van der Waals surface area (Å²) in [5.74, 6) is 0.262. The molecule has 1 aliphatic carbocycles. The first kappa shape index (κ1) is 14.3. The molecule has 2 rings (SSSR count). The molecule has 0 spiro atoms. The smallest absolute Gasteiger partial charge is 0.227 e. The monoisotopic (exact) mass is 283 g/mol. The van der Waals surface area contributed by atoms with Crippen molar-refractivity contribution >= 4 is 17.5 Å². The Labute approximate surface area is 118 Å². The Morgan fingerprint density at radius 3 is 2.68 bits per heavy atom. The largest absolute Gasteiger partial charge is 0.339 e. The number of nitrogens with zero attached hydrogens (tertiary/aromatic N) is 1. The normalized spacial score (nSPS) is 15.1. The number of amides is 1. The summed E-state index contributed by atoms with van der Waals surface area (Å²) in [5.41, 5.74) is 0.475. The van der Waals surface area contributed by atoms with Crippen LogP contribution < -0.4 is 0 Å². The van der Waals surface area contributed by atoms with Crippen LogP contribution in [-0.4, -0.2) is 29.3 Å². The number of hydrogen-bond acceptors (Lipinski definition) is 1. The lowest BCUT2D eigenvalue weighted by Crippen LogP contribution is -2.45. The second-order valence-corrected chi connectivity index (χ2v) is 5.36. The van der Waals surface area contributed by atoms with Crippen molar-refractivity contribution in [1.29, 1.82) is 0 Å². The van der Waals surface area contributed by atoms with Crippen molar-refractivity contribution < 1.29 is 9.18 Å². The molecule has 1 saturated carbocycles. The number of carbonyl (C=O) groups excluding carboxylic acids is 1. The maximum Gasteiger partial charge on any atom is 0.227 e. The predicted octanol–water partition coefficient (Wildman–Crippen LogP) is 3.38. The van der Waals surface area contributed by atoms with Crippen LogP contribution in [0.2, 0.25) is 0 Å². The maximum atomic E-state index is 13.6. The number of benzene rings is 1. The number of alkyl halides is 1. The van der Waals surface area contributed by atoms with Crippen molar-refractivity contribution in [3.05, 3.63) is 35.6 Å². The Hall–Kier alpha value is -1.09. The van der Waals surface area contributed by atoms with E-state index in [-0.39, 0.29) is 18.1 Å². The summed E-state index contributed by atoms with van der Waals surface area (Å²) in [4.78, 5) is 14.2. The van der Waals surface area contributed by atoms with Crippen LogP contribution in [0.1, 0.15) is 31.2 Å². The van der Waals surface area contributed by atoms with Crippen LogP contribution >= 0.6 is 11.6 Å². The van der Waals surface area contributed by atoms with Crippen molar-refractivity contribution in [2.24, 2.45) is 0 Å². The van der Waals surface area contributed by atoms with E-state index in [1.807, 2.05) is 4.90 Å². The first-order valence-corrected chi connectivity index (χ1v) is 7.34. The average molecular weight is 284 g/mol. The molecule has 1 fully saturated rings. The lowest BCUT2D eigenvalue weighted by molar-refractivity contribution is -0.134. The summed E-state index contributed by atoms with van der Waals surface area (Å²) in [7, 11) is 0. The van der Waals surface area contributed by atoms with Gasteiger partial charge in [0.05, 0.1) is 6.42 Å². The summed E-state index contributed by atoms with van der Waals surface area (Å²) >= 11 is 5.70. The number of rotatable bonds is 6. The Kier molecular flexibility index (Phi) is 5.20. The zero-order valence-electron chi connectivity index (χ0n) is 10.9. The van der Waals surface area contributed by atoms with E-state index in [1.165, 1.54) is 12.5 Å². The van der Waals surface area contributed by atoms with Gasteiger partial charge in [-0.15, -0.1) is 11.6 Å². The first-order valence-electron chi connectivity index (χ1n) is 6.81. The molecule has 1 aromatic rings. The van der Waals surface area contributed by atoms with Crippen LogP contribution in [0.15, 0.2) is 24.3 Å². The third-order valence-electron chi connectivity index (χ3n) is 3.67. The van der Waals surface area contributed by atoms with Gasteiger partial charge in [-0.3, -0.25) is 4.79 Å². The van der Waals surface area contributed by atoms with Crippen LogP contribution in [-0.2, 0) is 11.2 Å². The van der Waals surface area contributed by atoms with E-state index < -0.39 is 0 Å². The van der Waals surface area contributed by atoms with E-state index in [2.05, 4.69) is 0 Å². The van der Waals surface area contributed by atoms with Crippen molar-refractivity contribution in [3.8, 4) is 0 Å². The SMILES string of the molecule is O=C(Cc1ccccc1F)N(CCCCl)C1CCC1. The van der Waals surface area contributed by atoms with Gasteiger partial charge in [0.1, 0.15) is 5.82 Å². The Morgan fingerprint density at radius 2 is 2.11 bits per heavy atom. The Balaban J connectivity index is 2.00. The van der Waals surface area contributed by atoms with Gasteiger partial charge in [-0.2, -0.15) is 0 Å². The van der Waals surface area contributed by atoms with Crippen LogP contribution in [0, 0.1) is 5.82 Å². The molecule has 0 atom stereocenters. The standard InChI is InChI=1S/C15H19ClFNO/c16-9-4-10-18(13-6-3-7-13)15(19)11-12-5-1-2-8-14(12)17/h1-2,5,8,13H,3-4,6-7,9-11H2. The third-order valence-corrected chi connectivity index (χ3v) is 3.94. The summed E-state index contributed by atoms with van der Waals surface area (Å²) < 4.78 is 13.6. The van der Waals surface area contributed by atoms with Crippen LogP contribution in [0.3, 0.4) is 0 Å². The van der Waals surface area contributed by atoms with Gasteiger partial charge in [0.15, 0.2) is 0 Å². The number of halogens is 2. The second-order valence-electron chi connectivity index (χ2n) is 4.98. The number of carbonyl (C=O) groups is 1. The second kappa shape index (κ2) is 6.90. The molecular weight excluding hydrogens is 265 g/mol. The Bertz CT molecular complexity index is 434. The summed E-state index contributed by atoms with van der Waals surface area (Å²) in [6.07, 6.45) is 4.23. The minimum atomic E-state index is -0.304. The molecule has 0 aliphatic heterocycles. The van der Waals surface area contributed by atoms with Gasteiger partial charge in [-0.1, -0.05) is 18.2 Å². The highest BCUT2D eigenvalue weighted by molar-refractivity contribution is 6.17. The molecule has 0 aromatic heterocycles. The molecule has 19 heavy (non-hydrogen) atoms. The molecule has 1 aliphatic rings. The molecule has 0 heterocycles. The predicted molar refractivity (Wildman–Crippen MR) is 74.8 cm³/mol. The summed E-state index contributed by atoms with van der Waals surface area (Å²) in [5, 5.41) is 0. The lowest BCUT2D eigenvalue weighted by Gasteiger charge is -2.37. The molecule has 0 saturated heterocycles. The van der Waals surface area contributed by atoms with Crippen molar-refractivity contribution in [2.45, 2.75) is 38.1 Å². The Morgan fingerprint density at radius 1 is 1.37 bits per heavy atom. The van der Waals surface area contributed by atoms with E-state index in [9.17, 15) is 9.18 Å². The molecular formula is C15H19ClFNO. The molecule has 1 amide bonds. The minimum Gasteiger partial charge on any atom is -0.339 e. The van der Waals surface area contributed by atoms with E-state index in [1.54, 1.807) is 18.2 Å². The van der Waals surface area contributed by atoms with Gasteiger partial charge >= 0.3 is 0 Å². The van der Waals surface area contributed by atoms with Crippen molar-refractivity contribution in [3.63, 3.8) is 0 Å². The van der Waals surface area contributed by atoms with Gasteiger partial charge < -0.3 is 4.90 Å². The van der Waals surface area contributed by atoms with Gasteiger partial charge in [-0.25, -0.2) is 4.39 Å². The zero-order chi connectivity index (χ0) is 13.7. The first-order chi connectivity index (χ1) is 9.22. The van der Waals surface area contributed by atoms with E-state index in [0.717, 1.165) is 19.3 Å². The average Bonchev–Trinajstić information content (AvgIpc) is 2.34. The fourth-order valence-electron chi connectivity index (χ4n) is 2.35. The van der Waals surface area contributed by atoms with Crippen LogP contribution in [0.5, 0.6) is 0 Å². The molecule has 4 heteroatoms. The molecule has 0 unspecified atom stereocenters. The molecule has 0 bridgehead atoms. The van der Waals surface area contributed by atoms with Gasteiger partial charge in [0, 0.05) is 18.5 Å². The third kappa shape index (κ3) is 3.69. The van der Waals surface area contributed by atoms with Crippen molar-refractivity contribution in [1.82, 2.24) is 4.90 Å². The highest BCUT2D eigenvalue weighted by Gasteiger charge is 2.28. The number of hydrogen-bond donors (Lipinski definition) is 0. The minimum absolute atomic E-state index is 0.0138. The highest BCUT2D eigenvalue weighted by atomic mass is 35.5. The van der Waals surface area contributed by atoms with Gasteiger partial charge in [0.2, 0.25) is 5.91 Å². The molecule has 104 valence electrons. The summed E-state index contributed by atoms with van der Waals surface area (Å²) in [6.45, 7) is 0.682. The highest BCUT2D eigenvalue weighted by Crippen LogP contribution is 2.26. The molecule has 0 N–H and O–H groups in total. The quantitative estimate of drug-likeness (QED) is 0.733. The van der Waals surface area contributed by atoms with E-state index in [4.69, 9.17) is 11.6 Å². The van der Waals surface area contributed by atoms with Crippen LogP contribution in [0.25, 0.3) is 0 Å². The molecule has 0 radical (unpaired) electrons. The maximum absolute atomic E-state index is 13.6.